The van der Waals surface area contributed by atoms with Gasteiger partial charge in [0.2, 0.25) is 5.91 Å². The van der Waals surface area contributed by atoms with Crippen molar-refractivity contribution in [1.82, 2.24) is 10.6 Å². The molecule has 0 aliphatic carbocycles. The van der Waals surface area contributed by atoms with Crippen LogP contribution in [-0.2, 0) is 27.2 Å². The second-order valence-electron chi connectivity index (χ2n) is 7.56. The molecule has 31 heavy (non-hydrogen) atoms. The second kappa shape index (κ2) is 10.8. The van der Waals surface area contributed by atoms with Crippen LogP contribution < -0.4 is 20.1 Å². The molecule has 0 aromatic heterocycles. The number of benzene rings is 2. The zero-order valence-corrected chi connectivity index (χ0v) is 18.3. The van der Waals surface area contributed by atoms with Crippen molar-refractivity contribution in [3.05, 3.63) is 53.6 Å². The van der Waals surface area contributed by atoms with E-state index in [9.17, 15) is 9.59 Å². The molecule has 2 atom stereocenters. The van der Waals surface area contributed by atoms with E-state index in [-0.39, 0.29) is 12.3 Å². The lowest BCUT2D eigenvalue weighted by molar-refractivity contribution is -0.148. The summed E-state index contributed by atoms with van der Waals surface area (Å²) in [5.74, 6) is 1.11. The number of rotatable bonds is 6. The number of ether oxygens (including phenoxy) is 3. The fraction of sp³-hybridized carbons (Fsp3) is 0.417. The van der Waals surface area contributed by atoms with Crippen LogP contribution in [0.15, 0.2) is 42.5 Å². The number of likely N-dealkylation sites (N-methyl/N-ethyl adjacent to an activating group) is 1. The minimum atomic E-state index is -0.801. The van der Waals surface area contributed by atoms with Crippen LogP contribution in [0.5, 0.6) is 17.2 Å². The van der Waals surface area contributed by atoms with Crippen molar-refractivity contribution in [1.29, 1.82) is 0 Å². The van der Waals surface area contributed by atoms with Crippen LogP contribution >= 0.6 is 0 Å². The summed E-state index contributed by atoms with van der Waals surface area (Å²) >= 11 is 0. The predicted molar refractivity (Wildman–Crippen MR) is 118 cm³/mol. The minimum Gasteiger partial charge on any atom is -0.493 e. The molecule has 4 rings (SSSR count). The third-order valence-corrected chi connectivity index (χ3v) is 5.27. The van der Waals surface area contributed by atoms with Gasteiger partial charge in [0.1, 0.15) is 11.8 Å². The summed E-state index contributed by atoms with van der Waals surface area (Å²) in [7, 11) is 3.31. The molecule has 2 heterocycles. The van der Waals surface area contributed by atoms with Crippen LogP contribution in [0.2, 0.25) is 0 Å². The van der Waals surface area contributed by atoms with Crippen molar-refractivity contribution in [2.75, 3.05) is 20.8 Å². The van der Waals surface area contributed by atoms with Gasteiger partial charge in [-0.15, -0.1) is 0 Å². The van der Waals surface area contributed by atoms with Gasteiger partial charge in [-0.2, -0.15) is 0 Å². The molecular weight excluding hydrogens is 396 g/mol. The number of carbonyl (C=O) groups is 2. The number of unbranched alkanes of at least 4 members (excludes halogenated alkanes) is 1. The van der Waals surface area contributed by atoms with Gasteiger partial charge < -0.3 is 24.8 Å². The third-order valence-electron chi connectivity index (χ3n) is 5.27. The molecule has 0 radical (unpaired) electrons. The highest BCUT2D eigenvalue weighted by molar-refractivity contribution is 5.88. The highest BCUT2D eigenvalue weighted by Crippen LogP contribution is 2.33. The highest BCUT2D eigenvalue weighted by Gasteiger charge is 2.27. The quantitative estimate of drug-likeness (QED) is 0.546. The summed E-state index contributed by atoms with van der Waals surface area (Å²) in [6.45, 7) is 2.36. The molecule has 2 aromatic carbocycles. The van der Waals surface area contributed by atoms with E-state index in [4.69, 9.17) is 14.2 Å². The van der Waals surface area contributed by atoms with Gasteiger partial charge in [0.15, 0.2) is 11.5 Å². The van der Waals surface area contributed by atoms with Gasteiger partial charge in [0.25, 0.3) is 0 Å². The standard InChI is InChI=1S/C24H30N2O5/c1-4-5-12-30-24(28)20-14-17-8-11-21(29-3)22(15-17)31-18-9-6-16(7-10-18)13-19(25-2)23(27)26-20/h6-11,15,19-20,25H,4-5,12-14H2,1-3H3,(H,26,27)/t19-,20-/m0/s1. The summed E-state index contributed by atoms with van der Waals surface area (Å²) in [6.07, 6.45) is 2.46. The molecule has 2 aromatic rings. The molecule has 2 aliphatic rings. The molecule has 0 saturated carbocycles. The normalized spacial score (nSPS) is 18.5. The Hall–Kier alpha value is -3.06. The van der Waals surface area contributed by atoms with E-state index in [1.165, 1.54) is 0 Å². The van der Waals surface area contributed by atoms with E-state index in [1.807, 2.05) is 43.3 Å². The Bertz CT molecular complexity index is 897. The van der Waals surface area contributed by atoms with Crippen molar-refractivity contribution in [3.63, 3.8) is 0 Å². The molecule has 2 N–H and O–H groups in total. The number of esters is 1. The van der Waals surface area contributed by atoms with Crippen molar-refractivity contribution in [2.24, 2.45) is 0 Å². The number of methoxy groups -OCH3 is 1. The van der Waals surface area contributed by atoms with Crippen LogP contribution in [0.3, 0.4) is 0 Å². The van der Waals surface area contributed by atoms with Gasteiger partial charge >= 0.3 is 5.97 Å². The van der Waals surface area contributed by atoms with E-state index >= 15 is 0 Å². The monoisotopic (exact) mass is 426 g/mol. The number of amides is 1. The molecule has 4 bridgehead atoms. The van der Waals surface area contributed by atoms with Crippen LogP contribution in [0, 0.1) is 0 Å². The van der Waals surface area contributed by atoms with Crippen molar-refractivity contribution in [3.8, 4) is 17.2 Å². The average molecular weight is 427 g/mol. The Morgan fingerprint density at radius 1 is 1.16 bits per heavy atom. The summed E-state index contributed by atoms with van der Waals surface area (Å²) < 4.78 is 16.9. The molecule has 0 fully saturated rings. The van der Waals surface area contributed by atoms with Crippen LogP contribution in [0.25, 0.3) is 0 Å². The van der Waals surface area contributed by atoms with Gasteiger partial charge in [-0.25, -0.2) is 4.79 Å². The smallest absolute Gasteiger partial charge is 0.328 e. The molecule has 2 aliphatic heterocycles. The maximum atomic E-state index is 13.0. The Morgan fingerprint density at radius 3 is 2.58 bits per heavy atom. The first-order valence-electron chi connectivity index (χ1n) is 10.6. The number of hydrogen-bond donors (Lipinski definition) is 2. The Morgan fingerprint density at radius 2 is 1.90 bits per heavy atom. The zero-order valence-electron chi connectivity index (χ0n) is 18.3. The summed E-state index contributed by atoms with van der Waals surface area (Å²) in [5, 5.41) is 5.92. The number of hydrogen-bond acceptors (Lipinski definition) is 6. The fourth-order valence-electron chi connectivity index (χ4n) is 3.43. The predicted octanol–water partition coefficient (Wildman–Crippen LogP) is 3.00. The molecule has 0 spiro atoms. The largest absolute Gasteiger partial charge is 0.493 e. The lowest BCUT2D eigenvalue weighted by Gasteiger charge is -2.23. The lowest BCUT2D eigenvalue weighted by Crippen LogP contribution is -2.51. The Labute approximate surface area is 183 Å². The van der Waals surface area contributed by atoms with E-state index in [0.717, 1.165) is 24.0 Å². The first kappa shape index (κ1) is 22.6. The third kappa shape index (κ3) is 5.98. The Kier molecular flexibility index (Phi) is 7.89. The van der Waals surface area contributed by atoms with Crippen LogP contribution in [0.1, 0.15) is 30.9 Å². The summed E-state index contributed by atoms with van der Waals surface area (Å²) in [6, 6.07) is 11.8. The topological polar surface area (TPSA) is 85.9 Å². The first-order chi connectivity index (χ1) is 15.0. The Balaban J connectivity index is 1.96. The number of fused-ring (bicyclic) bond motifs is 7. The SMILES string of the molecule is CCCCOC(=O)[C@@H]1Cc2ccc(OC)c(c2)Oc2ccc(cc2)C[C@H](NC)C(=O)N1. The van der Waals surface area contributed by atoms with Crippen LogP contribution in [-0.4, -0.2) is 44.7 Å². The molecule has 7 heteroatoms. The van der Waals surface area contributed by atoms with E-state index in [1.54, 1.807) is 20.2 Å². The van der Waals surface area contributed by atoms with Crippen molar-refractivity contribution >= 4 is 11.9 Å². The summed E-state index contributed by atoms with van der Waals surface area (Å²) in [5.41, 5.74) is 1.80. The summed E-state index contributed by atoms with van der Waals surface area (Å²) in [4.78, 5) is 25.7. The van der Waals surface area contributed by atoms with Crippen LogP contribution in [0.4, 0.5) is 0 Å². The molecular formula is C24H30N2O5. The van der Waals surface area contributed by atoms with E-state index in [0.29, 0.717) is 30.3 Å². The molecule has 1 amide bonds. The van der Waals surface area contributed by atoms with E-state index < -0.39 is 18.1 Å². The maximum Gasteiger partial charge on any atom is 0.328 e. The average Bonchev–Trinajstić information content (AvgIpc) is 2.78. The molecule has 7 nitrogen and oxygen atoms in total. The van der Waals surface area contributed by atoms with Gasteiger partial charge in [0.05, 0.1) is 19.8 Å². The molecule has 0 unspecified atom stereocenters. The lowest BCUT2D eigenvalue weighted by atomic mass is 10.0. The molecule has 166 valence electrons. The minimum absolute atomic E-state index is 0.244. The van der Waals surface area contributed by atoms with Gasteiger partial charge in [-0.05, 0) is 55.3 Å². The second-order valence-corrected chi connectivity index (χ2v) is 7.56. The van der Waals surface area contributed by atoms with Gasteiger partial charge in [-0.1, -0.05) is 31.5 Å². The maximum absolute atomic E-state index is 13.0. The van der Waals surface area contributed by atoms with Crippen molar-refractivity contribution in [2.45, 2.75) is 44.7 Å². The van der Waals surface area contributed by atoms with Crippen molar-refractivity contribution < 1.29 is 23.8 Å². The number of carbonyl (C=O) groups excluding carboxylic acids is 2. The van der Waals surface area contributed by atoms with E-state index in [2.05, 4.69) is 10.6 Å². The zero-order chi connectivity index (χ0) is 22.2. The van der Waals surface area contributed by atoms with Gasteiger partial charge in [0, 0.05) is 6.42 Å². The fourth-order valence-corrected chi connectivity index (χ4v) is 3.43. The molecule has 0 saturated heterocycles. The number of nitrogens with one attached hydrogen (secondary N) is 2. The van der Waals surface area contributed by atoms with Gasteiger partial charge in [-0.3, -0.25) is 4.79 Å². The first-order valence-corrected chi connectivity index (χ1v) is 10.6. The highest BCUT2D eigenvalue weighted by atomic mass is 16.5.